The zero-order chi connectivity index (χ0) is 16.5. The maximum Gasteiger partial charge on any atom is 0.469 e. The molecular formula is C11H17N2O8P. The molecule has 124 valence electrons. The second-order valence-corrected chi connectivity index (χ2v) is 6.13. The molecular weight excluding hydrogens is 319 g/mol. The zero-order valence-electron chi connectivity index (χ0n) is 11.3. The van der Waals surface area contributed by atoms with Gasteiger partial charge in [0.25, 0.3) is 0 Å². The molecule has 0 aromatic heterocycles. The first-order valence-corrected chi connectivity index (χ1v) is 7.88. The molecule has 0 bridgehead atoms. The van der Waals surface area contributed by atoms with Crippen LogP contribution in [-0.4, -0.2) is 62.0 Å². The number of phosphoric acid groups is 1. The normalized spacial score (nSPS) is 32.2. The van der Waals surface area contributed by atoms with Crippen molar-refractivity contribution in [3.05, 3.63) is 24.0 Å². The Morgan fingerprint density at radius 3 is 2.73 bits per heavy atom. The van der Waals surface area contributed by atoms with Crippen LogP contribution in [0.4, 0.5) is 0 Å². The molecule has 0 saturated carbocycles. The summed E-state index contributed by atoms with van der Waals surface area (Å²) in [6.45, 7) is -0.594. The number of allylic oxidation sites excluding steroid dienone is 1. The smallest absolute Gasteiger partial charge is 0.387 e. The van der Waals surface area contributed by atoms with E-state index >= 15 is 0 Å². The fourth-order valence-electron chi connectivity index (χ4n) is 2.18. The summed E-state index contributed by atoms with van der Waals surface area (Å²) in [5.41, 5.74) is 5.48. The van der Waals surface area contributed by atoms with Gasteiger partial charge in [0.1, 0.15) is 18.3 Å². The Bertz CT molecular complexity index is 544. The number of hydrogen-bond donors (Lipinski definition) is 5. The highest BCUT2D eigenvalue weighted by Crippen LogP contribution is 2.37. The van der Waals surface area contributed by atoms with Crippen LogP contribution in [0.1, 0.15) is 6.42 Å². The molecule has 1 saturated heterocycles. The fourth-order valence-corrected chi connectivity index (χ4v) is 2.52. The average Bonchev–Trinajstić information content (AvgIpc) is 2.72. The van der Waals surface area contributed by atoms with E-state index in [2.05, 4.69) is 4.52 Å². The first-order chi connectivity index (χ1) is 10.2. The number of phosphoric ester groups is 1. The van der Waals surface area contributed by atoms with Gasteiger partial charge in [-0.15, -0.1) is 0 Å². The highest BCUT2D eigenvalue weighted by molar-refractivity contribution is 7.46. The third-order valence-electron chi connectivity index (χ3n) is 3.27. The van der Waals surface area contributed by atoms with Gasteiger partial charge in [-0.25, -0.2) is 4.57 Å². The number of aliphatic hydroxyl groups is 2. The summed E-state index contributed by atoms with van der Waals surface area (Å²) in [7, 11) is -4.71. The van der Waals surface area contributed by atoms with Crippen LogP contribution >= 0.6 is 7.82 Å². The van der Waals surface area contributed by atoms with E-state index in [1.807, 2.05) is 0 Å². The van der Waals surface area contributed by atoms with Crippen LogP contribution in [0.15, 0.2) is 24.0 Å². The lowest BCUT2D eigenvalue weighted by molar-refractivity contribution is -0.114. The summed E-state index contributed by atoms with van der Waals surface area (Å²) in [6, 6.07) is 0. The lowest BCUT2D eigenvalue weighted by atomic mass is 10.1. The lowest BCUT2D eigenvalue weighted by Crippen LogP contribution is -2.40. The number of nitrogens with two attached hydrogens (primary N) is 1. The lowest BCUT2D eigenvalue weighted by Gasteiger charge is -2.28. The second-order valence-electron chi connectivity index (χ2n) is 4.89. The number of carbonyl (C=O) groups is 1. The molecule has 0 spiro atoms. The molecule has 2 aliphatic rings. The van der Waals surface area contributed by atoms with E-state index in [4.69, 9.17) is 20.3 Å². The topological polar surface area (TPSA) is 163 Å². The summed E-state index contributed by atoms with van der Waals surface area (Å²) in [5, 5.41) is 19.8. The molecule has 4 atom stereocenters. The standard InChI is InChI=1S/C11H17N2O8P/c12-10(16)6-2-1-3-13(4-6)11-9(15)8(14)7(21-11)5-20-22(17,18)19/h1,3-4,7-9,11,14-15H,2,5H2,(H2,12,16)(H2,17,18,19)/t7-,8-,9-,11?/m1/s1. The fraction of sp³-hybridized carbons (Fsp3) is 0.545. The van der Waals surface area contributed by atoms with Crippen LogP contribution in [0, 0.1) is 0 Å². The van der Waals surface area contributed by atoms with Crippen molar-refractivity contribution in [1.82, 2.24) is 4.90 Å². The van der Waals surface area contributed by atoms with Crippen LogP contribution in [0.3, 0.4) is 0 Å². The minimum atomic E-state index is -4.71. The molecule has 10 nitrogen and oxygen atoms in total. The minimum absolute atomic E-state index is 0.294. The highest BCUT2D eigenvalue weighted by Gasteiger charge is 2.45. The van der Waals surface area contributed by atoms with E-state index in [-0.39, 0.29) is 0 Å². The van der Waals surface area contributed by atoms with Crippen LogP contribution in [0.5, 0.6) is 0 Å². The number of nitrogens with zero attached hydrogens (tertiary/aromatic N) is 1. The third-order valence-corrected chi connectivity index (χ3v) is 3.76. The molecule has 2 aliphatic heterocycles. The molecule has 11 heteroatoms. The molecule has 0 aromatic rings. The predicted molar refractivity (Wildman–Crippen MR) is 71.5 cm³/mol. The first kappa shape index (κ1) is 17.1. The molecule has 1 amide bonds. The summed E-state index contributed by atoms with van der Waals surface area (Å²) in [5.74, 6) is -0.622. The first-order valence-electron chi connectivity index (χ1n) is 6.35. The van der Waals surface area contributed by atoms with Crippen LogP contribution in [0.25, 0.3) is 0 Å². The third kappa shape index (κ3) is 3.93. The van der Waals surface area contributed by atoms with Crippen molar-refractivity contribution in [1.29, 1.82) is 0 Å². The van der Waals surface area contributed by atoms with E-state index in [9.17, 15) is 19.6 Å². The van der Waals surface area contributed by atoms with Crippen LogP contribution < -0.4 is 5.73 Å². The number of rotatable bonds is 5. The monoisotopic (exact) mass is 336 g/mol. The second kappa shape index (κ2) is 6.47. The summed E-state index contributed by atoms with van der Waals surface area (Å²) >= 11 is 0. The Morgan fingerprint density at radius 2 is 2.14 bits per heavy atom. The average molecular weight is 336 g/mol. The molecule has 1 fully saturated rings. The summed E-state index contributed by atoms with van der Waals surface area (Å²) < 4.78 is 20.3. The van der Waals surface area contributed by atoms with Gasteiger partial charge in [-0.05, 0) is 6.42 Å². The van der Waals surface area contributed by atoms with Gasteiger partial charge in [-0.1, -0.05) is 6.08 Å². The van der Waals surface area contributed by atoms with Crippen molar-refractivity contribution < 1.29 is 38.6 Å². The molecule has 22 heavy (non-hydrogen) atoms. The van der Waals surface area contributed by atoms with Gasteiger partial charge < -0.3 is 35.4 Å². The number of hydrogen-bond acceptors (Lipinski definition) is 7. The number of amides is 1. The zero-order valence-corrected chi connectivity index (χ0v) is 12.2. The Balaban J connectivity index is 2.06. The quantitative estimate of drug-likeness (QED) is 0.362. The van der Waals surface area contributed by atoms with Gasteiger partial charge in [-0.2, -0.15) is 0 Å². The van der Waals surface area contributed by atoms with Crippen molar-refractivity contribution in [2.45, 2.75) is 31.0 Å². The van der Waals surface area contributed by atoms with Crippen molar-refractivity contribution in [3.63, 3.8) is 0 Å². The largest absolute Gasteiger partial charge is 0.469 e. The van der Waals surface area contributed by atoms with Gasteiger partial charge in [0.15, 0.2) is 6.23 Å². The predicted octanol–water partition coefficient (Wildman–Crippen LogP) is -1.87. The molecule has 6 N–H and O–H groups in total. The molecule has 0 aromatic carbocycles. The van der Waals surface area contributed by atoms with Gasteiger partial charge in [0, 0.05) is 18.0 Å². The highest BCUT2D eigenvalue weighted by atomic mass is 31.2. The van der Waals surface area contributed by atoms with E-state index in [0.717, 1.165) is 0 Å². The van der Waals surface area contributed by atoms with Crippen LogP contribution in [-0.2, 0) is 18.6 Å². The molecule has 1 unspecified atom stereocenters. The van der Waals surface area contributed by atoms with Crippen molar-refractivity contribution in [2.24, 2.45) is 5.73 Å². The Labute approximate surface area is 125 Å². The van der Waals surface area contributed by atoms with E-state index in [1.165, 1.54) is 11.1 Å². The Hall–Kier alpha value is -1.26. The molecule has 0 radical (unpaired) electrons. The maximum atomic E-state index is 11.2. The summed E-state index contributed by atoms with van der Waals surface area (Å²) in [4.78, 5) is 29.8. The van der Waals surface area contributed by atoms with E-state index < -0.39 is 44.9 Å². The van der Waals surface area contributed by atoms with Gasteiger partial charge in [-0.3, -0.25) is 9.32 Å². The molecule has 2 heterocycles. The molecule has 2 rings (SSSR count). The van der Waals surface area contributed by atoms with E-state index in [1.54, 1.807) is 12.3 Å². The van der Waals surface area contributed by atoms with Gasteiger partial charge in [0.05, 0.1) is 6.61 Å². The summed E-state index contributed by atoms with van der Waals surface area (Å²) in [6.07, 6.45) is -0.0475. The Morgan fingerprint density at radius 1 is 1.45 bits per heavy atom. The minimum Gasteiger partial charge on any atom is -0.387 e. The van der Waals surface area contributed by atoms with Crippen molar-refractivity contribution in [3.8, 4) is 0 Å². The Kier molecular flexibility index (Phi) is 5.03. The number of ether oxygens (including phenoxy) is 1. The van der Waals surface area contributed by atoms with Gasteiger partial charge >= 0.3 is 7.82 Å². The van der Waals surface area contributed by atoms with Crippen molar-refractivity contribution >= 4 is 13.7 Å². The maximum absolute atomic E-state index is 11.2. The number of carbonyl (C=O) groups excluding carboxylic acids is 1. The number of primary amides is 1. The SMILES string of the molecule is NC(=O)C1=CN(C2O[C@H](COP(=O)(O)O)[C@@H](O)[C@H]2O)C=CC1. The number of aliphatic hydroxyl groups excluding tert-OH is 2. The van der Waals surface area contributed by atoms with E-state index in [0.29, 0.717) is 12.0 Å². The van der Waals surface area contributed by atoms with Crippen molar-refractivity contribution in [2.75, 3.05) is 6.61 Å². The van der Waals surface area contributed by atoms with Crippen LogP contribution in [0.2, 0.25) is 0 Å². The molecule has 0 aliphatic carbocycles. The van der Waals surface area contributed by atoms with Gasteiger partial charge in [0.2, 0.25) is 5.91 Å².